The van der Waals surface area contributed by atoms with E-state index in [2.05, 4.69) is 9.73 Å². The Balaban J connectivity index is 1.86. The number of allylic oxidation sites excluding steroid dienone is 5. The first kappa shape index (κ1) is 32.0. The van der Waals surface area contributed by atoms with Gasteiger partial charge in [-0.3, -0.25) is 4.99 Å². The lowest BCUT2D eigenvalue weighted by molar-refractivity contribution is -0.376. The second kappa shape index (κ2) is 12.2. The van der Waals surface area contributed by atoms with Gasteiger partial charge in [0.1, 0.15) is 5.75 Å². The van der Waals surface area contributed by atoms with E-state index in [0.717, 1.165) is 12.1 Å². The summed E-state index contributed by atoms with van der Waals surface area (Å²) in [6, 6.07) is 9.45. The van der Waals surface area contributed by atoms with Gasteiger partial charge in [-0.1, -0.05) is 54.6 Å². The van der Waals surface area contributed by atoms with Gasteiger partial charge in [-0.15, -0.1) is 0 Å². The molecule has 3 rings (SSSR count). The van der Waals surface area contributed by atoms with Crippen molar-refractivity contribution in [2.45, 2.75) is 63.8 Å². The molecule has 0 heterocycles. The summed E-state index contributed by atoms with van der Waals surface area (Å²) in [6.07, 6.45) is -8.12. The van der Waals surface area contributed by atoms with E-state index in [1.54, 1.807) is 51.1 Å². The Bertz CT molecular complexity index is 1340. The molecule has 2 atom stereocenters. The molecule has 2 N–H and O–H groups in total. The van der Waals surface area contributed by atoms with E-state index >= 15 is 0 Å². The standard InChI is InChI=1S/C29H27F8NO3/c1-4-18(19-11-13-20(14-12-19)27(40,28(32,33)34)29(35,36)37)10-9-16(2)38-25-17(3)22(15-23(25)39)21-7-5-6-8-24(21)41-26(30)31/h4-14,22-23,26,39-40H,15H2,1-3H3/b10-9-,18-4+,38-16+/t22-,23+/m0/s1. The monoisotopic (exact) mass is 589 g/mol. The number of rotatable bonds is 8. The Labute approximate surface area is 231 Å². The number of para-hydroxylation sites is 1. The highest BCUT2D eigenvalue weighted by Crippen LogP contribution is 2.50. The molecule has 1 aliphatic carbocycles. The summed E-state index contributed by atoms with van der Waals surface area (Å²) < 4.78 is 109. The summed E-state index contributed by atoms with van der Waals surface area (Å²) in [4.78, 5) is 4.46. The number of alkyl halides is 8. The smallest absolute Gasteiger partial charge is 0.430 e. The van der Waals surface area contributed by atoms with Crippen LogP contribution in [0.2, 0.25) is 0 Å². The third-order valence-corrected chi connectivity index (χ3v) is 6.78. The normalized spacial score (nSPS) is 19.6. The average Bonchev–Trinajstić information content (AvgIpc) is 3.15. The third kappa shape index (κ3) is 6.70. The minimum atomic E-state index is -5.99. The maximum atomic E-state index is 13.2. The molecule has 0 spiro atoms. The predicted octanol–water partition coefficient (Wildman–Crippen LogP) is 7.84. The summed E-state index contributed by atoms with van der Waals surface area (Å²) in [5.74, 6) is -0.430. The van der Waals surface area contributed by atoms with Crippen molar-refractivity contribution in [1.82, 2.24) is 0 Å². The van der Waals surface area contributed by atoms with Gasteiger partial charge < -0.3 is 14.9 Å². The summed E-state index contributed by atoms with van der Waals surface area (Å²) in [5.41, 5.74) is -3.80. The molecule has 222 valence electrons. The number of hydrogen-bond acceptors (Lipinski definition) is 4. The molecule has 0 unspecified atom stereocenters. The Morgan fingerprint density at radius 2 is 1.56 bits per heavy atom. The number of aliphatic hydroxyl groups excluding tert-OH is 1. The number of aliphatic hydroxyl groups is 2. The maximum absolute atomic E-state index is 13.2. The maximum Gasteiger partial charge on any atom is 0.430 e. The van der Waals surface area contributed by atoms with Crippen molar-refractivity contribution >= 4 is 11.3 Å². The molecule has 41 heavy (non-hydrogen) atoms. The van der Waals surface area contributed by atoms with Gasteiger partial charge in [-0.25, -0.2) is 0 Å². The topological polar surface area (TPSA) is 62.0 Å². The van der Waals surface area contributed by atoms with Crippen LogP contribution in [-0.2, 0) is 5.60 Å². The lowest BCUT2D eigenvalue weighted by atomic mass is 9.90. The summed E-state index contributed by atoms with van der Waals surface area (Å²) in [5, 5.41) is 20.2. The van der Waals surface area contributed by atoms with Crippen molar-refractivity contribution in [3.63, 3.8) is 0 Å². The van der Waals surface area contributed by atoms with Crippen LogP contribution >= 0.6 is 0 Å². The Hall–Kier alpha value is -3.51. The average molecular weight is 590 g/mol. The minimum Gasteiger partial charge on any atom is -0.435 e. The second-order valence-corrected chi connectivity index (χ2v) is 9.40. The molecule has 1 aliphatic rings. The number of aliphatic imine (C=N–C) groups is 1. The molecule has 12 heteroatoms. The number of benzene rings is 2. The second-order valence-electron chi connectivity index (χ2n) is 9.40. The Kier molecular flexibility index (Phi) is 9.49. The van der Waals surface area contributed by atoms with Crippen LogP contribution in [0.5, 0.6) is 5.75 Å². The molecule has 0 saturated heterocycles. The number of nitrogens with zero attached hydrogens (tertiary/aromatic N) is 1. The van der Waals surface area contributed by atoms with Crippen LogP contribution in [0.3, 0.4) is 0 Å². The summed E-state index contributed by atoms with van der Waals surface area (Å²) >= 11 is 0. The lowest BCUT2D eigenvalue weighted by Crippen LogP contribution is -2.53. The van der Waals surface area contributed by atoms with E-state index in [4.69, 9.17) is 0 Å². The zero-order chi connectivity index (χ0) is 30.8. The molecule has 0 bridgehead atoms. The number of hydrogen-bond donors (Lipinski definition) is 2. The Morgan fingerprint density at radius 3 is 2.10 bits per heavy atom. The molecule has 0 aromatic heterocycles. The number of ether oxygens (including phenoxy) is 1. The highest BCUT2D eigenvalue weighted by Gasteiger charge is 2.71. The summed E-state index contributed by atoms with van der Waals surface area (Å²) in [7, 11) is 0. The highest BCUT2D eigenvalue weighted by atomic mass is 19.4. The largest absolute Gasteiger partial charge is 0.435 e. The zero-order valence-corrected chi connectivity index (χ0v) is 22.1. The highest BCUT2D eigenvalue weighted by molar-refractivity contribution is 5.96. The fourth-order valence-electron chi connectivity index (χ4n) is 4.64. The van der Waals surface area contributed by atoms with Gasteiger partial charge in [0.15, 0.2) is 0 Å². The minimum absolute atomic E-state index is 0.00597. The molecule has 0 amide bonds. The van der Waals surface area contributed by atoms with Crippen LogP contribution < -0.4 is 4.74 Å². The molecule has 0 aliphatic heterocycles. The van der Waals surface area contributed by atoms with Crippen molar-refractivity contribution in [1.29, 1.82) is 0 Å². The molecule has 2 aromatic carbocycles. The van der Waals surface area contributed by atoms with Crippen molar-refractivity contribution < 1.29 is 50.1 Å². The van der Waals surface area contributed by atoms with Crippen molar-refractivity contribution in [3.05, 3.63) is 94.7 Å². The van der Waals surface area contributed by atoms with Crippen LogP contribution in [0.1, 0.15) is 49.8 Å². The SMILES string of the molecule is C\C=C(/C=C\C(C)=N\C1=C(C)[C@@H](c2ccccc2OC(F)F)C[C@H]1O)c1ccc(C(O)(C(F)(F)F)C(F)(F)F)cc1. The zero-order valence-electron chi connectivity index (χ0n) is 22.1. The number of halogens is 8. The lowest BCUT2D eigenvalue weighted by Gasteiger charge is -2.32. The van der Waals surface area contributed by atoms with E-state index in [9.17, 15) is 45.3 Å². The van der Waals surface area contributed by atoms with E-state index in [1.807, 2.05) is 0 Å². The molecular formula is C29H27F8NO3. The van der Waals surface area contributed by atoms with E-state index in [-0.39, 0.29) is 17.7 Å². The van der Waals surface area contributed by atoms with Crippen molar-refractivity contribution in [2.75, 3.05) is 0 Å². The first-order valence-corrected chi connectivity index (χ1v) is 12.3. The summed E-state index contributed by atoms with van der Waals surface area (Å²) in [6.45, 7) is 1.93. The fraction of sp³-hybridized carbons (Fsp3) is 0.345. The molecule has 0 saturated carbocycles. The third-order valence-electron chi connectivity index (χ3n) is 6.78. The van der Waals surface area contributed by atoms with Crippen LogP contribution in [0, 0.1) is 0 Å². The van der Waals surface area contributed by atoms with E-state index in [0.29, 0.717) is 40.3 Å². The van der Waals surface area contributed by atoms with Crippen molar-refractivity contribution in [2.24, 2.45) is 4.99 Å². The van der Waals surface area contributed by atoms with Gasteiger partial charge in [0.2, 0.25) is 0 Å². The van der Waals surface area contributed by atoms with Gasteiger partial charge in [-0.05, 0) is 56.0 Å². The van der Waals surface area contributed by atoms with Gasteiger partial charge in [0.25, 0.3) is 5.60 Å². The van der Waals surface area contributed by atoms with Crippen LogP contribution in [0.15, 0.2) is 83.0 Å². The van der Waals surface area contributed by atoms with E-state index < -0.39 is 42.2 Å². The van der Waals surface area contributed by atoms with Gasteiger partial charge in [0, 0.05) is 22.8 Å². The molecular weight excluding hydrogens is 562 g/mol. The molecule has 0 radical (unpaired) electrons. The quantitative estimate of drug-likeness (QED) is 0.187. The van der Waals surface area contributed by atoms with Crippen LogP contribution in [0.25, 0.3) is 5.57 Å². The van der Waals surface area contributed by atoms with Crippen LogP contribution in [0.4, 0.5) is 35.1 Å². The molecule has 2 aromatic rings. The molecule has 0 fully saturated rings. The van der Waals surface area contributed by atoms with Gasteiger partial charge in [-0.2, -0.15) is 35.1 Å². The fourth-order valence-corrected chi connectivity index (χ4v) is 4.64. The van der Waals surface area contributed by atoms with Gasteiger partial charge >= 0.3 is 19.0 Å². The Morgan fingerprint density at radius 1 is 0.976 bits per heavy atom. The van der Waals surface area contributed by atoms with Crippen LogP contribution in [-0.4, -0.2) is 41.0 Å². The van der Waals surface area contributed by atoms with Gasteiger partial charge in [0.05, 0.1) is 11.8 Å². The first-order valence-electron chi connectivity index (χ1n) is 12.3. The van der Waals surface area contributed by atoms with E-state index in [1.165, 1.54) is 12.1 Å². The first-order chi connectivity index (χ1) is 19.0. The predicted molar refractivity (Wildman–Crippen MR) is 137 cm³/mol. The molecule has 4 nitrogen and oxygen atoms in total. The van der Waals surface area contributed by atoms with Crippen molar-refractivity contribution in [3.8, 4) is 5.75 Å².